The lowest BCUT2D eigenvalue weighted by Gasteiger charge is -2.20. The van der Waals surface area contributed by atoms with E-state index in [0.29, 0.717) is 13.2 Å². The van der Waals surface area contributed by atoms with Gasteiger partial charge in [-0.05, 0) is 20.3 Å². The number of hydrogen-bond acceptors (Lipinski definition) is 5. The number of rotatable bonds is 8. The minimum absolute atomic E-state index is 0.192. The highest BCUT2D eigenvalue weighted by Gasteiger charge is 2.18. The Morgan fingerprint density at radius 2 is 2.33 bits per heavy atom. The molecule has 0 aliphatic rings. The number of aryl methyl sites for hydroxylation is 2. The lowest BCUT2D eigenvalue weighted by Crippen LogP contribution is -2.39. The number of aromatic nitrogens is 5. The molecule has 2 aromatic heterocycles. The van der Waals surface area contributed by atoms with E-state index in [2.05, 4.69) is 25.5 Å². The van der Waals surface area contributed by atoms with Gasteiger partial charge in [-0.1, -0.05) is 0 Å². The van der Waals surface area contributed by atoms with Crippen molar-refractivity contribution in [2.45, 2.75) is 39.4 Å². The molecule has 0 fully saturated rings. The number of carbonyl (C=O) groups excluding carboxylic acids is 1. The van der Waals surface area contributed by atoms with Crippen molar-refractivity contribution in [3.05, 3.63) is 29.9 Å². The smallest absolute Gasteiger partial charge is 0.318 e. The number of H-pyrrole nitrogens is 1. The van der Waals surface area contributed by atoms with Crippen molar-refractivity contribution in [2.24, 2.45) is 0 Å². The van der Waals surface area contributed by atoms with Crippen LogP contribution in [0, 0.1) is 6.92 Å². The fourth-order valence-electron chi connectivity index (χ4n) is 2.35. The van der Waals surface area contributed by atoms with Crippen LogP contribution < -0.4 is 5.32 Å². The third kappa shape index (κ3) is 4.79. The molecule has 2 aromatic rings. The fourth-order valence-corrected chi connectivity index (χ4v) is 2.35. The Balaban J connectivity index is 1.90. The Morgan fingerprint density at radius 1 is 1.54 bits per heavy atom. The van der Waals surface area contributed by atoms with E-state index in [9.17, 15) is 4.79 Å². The minimum atomic E-state index is -0.247. The molecular formula is C15H25N7O2. The zero-order chi connectivity index (χ0) is 17.5. The van der Waals surface area contributed by atoms with Crippen molar-refractivity contribution in [2.75, 3.05) is 20.8 Å². The number of nitrogens with one attached hydrogen (secondary N) is 2. The molecule has 0 spiro atoms. The maximum absolute atomic E-state index is 12.3. The van der Waals surface area contributed by atoms with Crippen molar-refractivity contribution >= 4 is 6.03 Å². The Labute approximate surface area is 141 Å². The summed E-state index contributed by atoms with van der Waals surface area (Å²) in [7, 11) is 3.40. The number of imidazole rings is 1. The van der Waals surface area contributed by atoms with Gasteiger partial charge in [-0.3, -0.25) is 0 Å². The highest BCUT2D eigenvalue weighted by molar-refractivity contribution is 5.74. The number of nitrogens with zero attached hydrogens (tertiary/aromatic N) is 5. The monoisotopic (exact) mass is 335 g/mol. The number of hydrogen-bond donors (Lipinski definition) is 2. The molecule has 1 atom stereocenters. The molecule has 0 aliphatic carbocycles. The van der Waals surface area contributed by atoms with E-state index in [1.54, 1.807) is 31.6 Å². The van der Waals surface area contributed by atoms with Crippen molar-refractivity contribution in [1.29, 1.82) is 0 Å². The van der Waals surface area contributed by atoms with Gasteiger partial charge < -0.3 is 24.5 Å². The van der Waals surface area contributed by atoms with Crippen LogP contribution in [0.15, 0.2) is 12.5 Å². The molecular weight excluding hydrogens is 310 g/mol. The van der Waals surface area contributed by atoms with Crippen LogP contribution in [0.4, 0.5) is 4.79 Å². The van der Waals surface area contributed by atoms with E-state index in [1.165, 1.54) is 0 Å². The second-order valence-corrected chi connectivity index (χ2v) is 5.77. The highest BCUT2D eigenvalue weighted by Crippen LogP contribution is 2.10. The molecule has 0 saturated heterocycles. The molecule has 2 heterocycles. The van der Waals surface area contributed by atoms with Crippen LogP contribution in [0.2, 0.25) is 0 Å². The maximum atomic E-state index is 12.3. The normalized spacial score (nSPS) is 12.2. The first kappa shape index (κ1) is 17.9. The summed E-state index contributed by atoms with van der Waals surface area (Å²) in [5.74, 6) is 1.47. The molecule has 2 rings (SSSR count). The molecule has 0 aromatic carbocycles. The number of methoxy groups -OCH3 is 1. The average Bonchev–Trinajstić information content (AvgIpc) is 3.16. The van der Waals surface area contributed by atoms with Gasteiger partial charge in [-0.25, -0.2) is 9.78 Å². The van der Waals surface area contributed by atoms with E-state index >= 15 is 0 Å². The lowest BCUT2D eigenvalue weighted by atomic mass is 10.3. The van der Waals surface area contributed by atoms with E-state index in [1.807, 2.05) is 18.4 Å². The van der Waals surface area contributed by atoms with E-state index in [0.717, 1.165) is 30.3 Å². The summed E-state index contributed by atoms with van der Waals surface area (Å²) in [4.78, 5) is 21.2. The summed E-state index contributed by atoms with van der Waals surface area (Å²) < 4.78 is 6.99. The molecule has 9 heteroatoms. The van der Waals surface area contributed by atoms with E-state index in [4.69, 9.17) is 4.74 Å². The summed E-state index contributed by atoms with van der Waals surface area (Å²) in [6.07, 6.45) is 4.27. The van der Waals surface area contributed by atoms with Crippen molar-refractivity contribution in [1.82, 2.24) is 34.9 Å². The summed E-state index contributed by atoms with van der Waals surface area (Å²) in [6, 6.07) is -0.439. The van der Waals surface area contributed by atoms with Gasteiger partial charge in [0.05, 0.1) is 12.6 Å². The Hall–Kier alpha value is -2.42. The summed E-state index contributed by atoms with van der Waals surface area (Å²) in [5.41, 5.74) is 0.969. The third-order valence-electron chi connectivity index (χ3n) is 3.61. The maximum Gasteiger partial charge on any atom is 0.318 e. The van der Waals surface area contributed by atoms with Crippen molar-refractivity contribution < 1.29 is 9.53 Å². The molecule has 0 saturated carbocycles. The molecule has 2 amide bonds. The van der Waals surface area contributed by atoms with Crippen molar-refractivity contribution in [3.8, 4) is 0 Å². The second-order valence-electron chi connectivity index (χ2n) is 5.77. The van der Waals surface area contributed by atoms with Gasteiger partial charge >= 0.3 is 6.03 Å². The molecule has 9 nitrogen and oxygen atoms in total. The number of urea groups is 1. The molecule has 0 aliphatic heterocycles. The molecule has 2 N–H and O–H groups in total. The first-order valence-corrected chi connectivity index (χ1v) is 7.90. The van der Waals surface area contributed by atoms with E-state index < -0.39 is 0 Å². The van der Waals surface area contributed by atoms with Gasteiger partial charge in [-0.2, -0.15) is 0 Å². The van der Waals surface area contributed by atoms with Gasteiger partial charge in [0.25, 0.3) is 0 Å². The zero-order valence-electron chi connectivity index (χ0n) is 14.6. The largest absolute Gasteiger partial charge is 0.385 e. The van der Waals surface area contributed by atoms with Crippen LogP contribution >= 0.6 is 0 Å². The highest BCUT2D eigenvalue weighted by atomic mass is 16.5. The van der Waals surface area contributed by atoms with Gasteiger partial charge in [0.15, 0.2) is 5.82 Å². The third-order valence-corrected chi connectivity index (χ3v) is 3.61. The Bertz CT molecular complexity index is 652. The van der Waals surface area contributed by atoms with Crippen LogP contribution in [-0.2, 0) is 17.8 Å². The predicted octanol–water partition coefficient (Wildman–Crippen LogP) is 1.25. The van der Waals surface area contributed by atoms with Gasteiger partial charge in [0, 0.05) is 39.2 Å². The number of aromatic amines is 1. The Morgan fingerprint density at radius 3 is 3.00 bits per heavy atom. The predicted molar refractivity (Wildman–Crippen MR) is 88.3 cm³/mol. The first-order valence-electron chi connectivity index (χ1n) is 7.90. The van der Waals surface area contributed by atoms with Gasteiger partial charge in [-0.15, -0.1) is 10.2 Å². The Kier molecular flexibility index (Phi) is 6.30. The molecule has 0 bridgehead atoms. The molecule has 0 radical (unpaired) electrons. The van der Waals surface area contributed by atoms with Crippen LogP contribution in [0.3, 0.4) is 0 Å². The quantitative estimate of drug-likeness (QED) is 0.707. The van der Waals surface area contributed by atoms with Crippen molar-refractivity contribution in [3.63, 3.8) is 0 Å². The molecule has 24 heavy (non-hydrogen) atoms. The van der Waals surface area contributed by atoms with Gasteiger partial charge in [0.1, 0.15) is 12.2 Å². The standard InChI is InChI=1S/C15H25N7O2/c1-11-8-16-13(18-11)9-21(3)15(23)19-12(2)14-20-17-10-22(14)6-5-7-24-4/h8,10,12H,5-7,9H2,1-4H3,(H,16,18)(H,19,23)/t12-/m1/s1. The second kappa shape index (κ2) is 8.44. The average molecular weight is 335 g/mol. The van der Waals surface area contributed by atoms with E-state index in [-0.39, 0.29) is 12.1 Å². The SMILES string of the molecule is COCCCn1cnnc1[C@@H](C)NC(=O)N(C)Cc1ncc(C)[nH]1. The fraction of sp³-hybridized carbons (Fsp3) is 0.600. The summed E-state index contributed by atoms with van der Waals surface area (Å²) in [6.45, 7) is 5.64. The van der Waals surface area contributed by atoms with Crippen LogP contribution in [0.5, 0.6) is 0 Å². The number of carbonyl (C=O) groups is 1. The topological polar surface area (TPSA) is 101 Å². The minimum Gasteiger partial charge on any atom is -0.385 e. The number of amides is 2. The molecule has 132 valence electrons. The molecule has 0 unspecified atom stereocenters. The summed E-state index contributed by atoms with van der Waals surface area (Å²) in [5, 5.41) is 11.0. The first-order chi connectivity index (χ1) is 11.5. The van der Waals surface area contributed by atoms with Gasteiger partial charge in [0.2, 0.25) is 0 Å². The van der Waals surface area contributed by atoms with Crippen LogP contribution in [0.25, 0.3) is 0 Å². The summed E-state index contributed by atoms with van der Waals surface area (Å²) >= 11 is 0. The number of ether oxygens (including phenoxy) is 1. The van der Waals surface area contributed by atoms with Crippen LogP contribution in [0.1, 0.15) is 36.7 Å². The lowest BCUT2D eigenvalue weighted by molar-refractivity contribution is 0.189. The zero-order valence-corrected chi connectivity index (χ0v) is 14.6. The van der Waals surface area contributed by atoms with Crippen LogP contribution in [-0.4, -0.2) is 56.4 Å².